The topological polar surface area (TPSA) is 26.3 Å². The van der Waals surface area contributed by atoms with Crippen molar-refractivity contribution in [2.24, 2.45) is 0 Å². The van der Waals surface area contributed by atoms with Crippen LogP contribution in [0.5, 0.6) is 5.75 Å². The smallest absolute Gasteiger partial charge is 0.308 e. The van der Waals surface area contributed by atoms with Gasteiger partial charge in [-0.25, -0.2) is 4.39 Å². The molecule has 1 aromatic heterocycles. The summed E-state index contributed by atoms with van der Waals surface area (Å²) < 4.78 is 20.6. The number of benzene rings is 3. The molecule has 0 aliphatic heterocycles. The van der Waals surface area contributed by atoms with Crippen molar-refractivity contribution in [2.45, 2.75) is 20.8 Å². The van der Waals surface area contributed by atoms with Gasteiger partial charge in [-0.1, -0.05) is 30.3 Å². The summed E-state index contributed by atoms with van der Waals surface area (Å²) in [5.41, 5.74) is 3.02. The average Bonchev–Trinajstić information content (AvgIpc) is 2.88. The molecule has 4 rings (SSSR count). The van der Waals surface area contributed by atoms with Crippen molar-refractivity contribution in [3.63, 3.8) is 0 Å². The number of rotatable bonds is 2. The van der Waals surface area contributed by atoms with Crippen molar-refractivity contribution >= 4 is 38.2 Å². The second-order valence-electron chi connectivity index (χ2n) is 6.37. The van der Waals surface area contributed by atoms with Crippen molar-refractivity contribution in [2.75, 3.05) is 0 Å². The number of ether oxygens (including phenoxy) is 1. The fourth-order valence-electron chi connectivity index (χ4n) is 3.39. The zero-order valence-corrected chi connectivity index (χ0v) is 15.5. The van der Waals surface area contributed by atoms with Crippen LogP contribution in [0.3, 0.4) is 0 Å². The predicted octanol–water partition coefficient (Wildman–Crippen LogP) is 6.40. The van der Waals surface area contributed by atoms with E-state index in [1.807, 2.05) is 18.2 Å². The lowest BCUT2D eigenvalue weighted by molar-refractivity contribution is -0.132. The van der Waals surface area contributed by atoms with Crippen LogP contribution in [0.4, 0.5) is 4.39 Å². The molecule has 0 atom stereocenters. The van der Waals surface area contributed by atoms with E-state index in [9.17, 15) is 9.18 Å². The molecule has 26 heavy (non-hydrogen) atoms. The van der Waals surface area contributed by atoms with E-state index < -0.39 is 11.8 Å². The van der Waals surface area contributed by atoms with Crippen molar-refractivity contribution in [1.82, 2.24) is 0 Å². The van der Waals surface area contributed by atoms with Crippen molar-refractivity contribution in [3.05, 3.63) is 64.8 Å². The molecule has 0 saturated heterocycles. The second kappa shape index (κ2) is 6.22. The Bertz CT molecular complexity index is 1170. The van der Waals surface area contributed by atoms with Gasteiger partial charge in [-0.05, 0) is 59.5 Å². The molecule has 3 aromatic carbocycles. The van der Waals surface area contributed by atoms with Crippen LogP contribution < -0.4 is 4.74 Å². The minimum absolute atomic E-state index is 0.0454. The van der Waals surface area contributed by atoms with Gasteiger partial charge in [0, 0.05) is 21.9 Å². The van der Waals surface area contributed by atoms with Crippen molar-refractivity contribution < 1.29 is 13.9 Å². The van der Waals surface area contributed by atoms with Crippen LogP contribution in [0.25, 0.3) is 32.0 Å². The largest absolute Gasteiger partial charge is 0.424 e. The number of esters is 1. The Kier molecular flexibility index (Phi) is 4.00. The van der Waals surface area contributed by atoms with Gasteiger partial charge in [-0.15, -0.1) is 11.3 Å². The Labute approximate surface area is 154 Å². The SMILES string of the molecule is CC(=O)Oc1ccc(-c2c3ccccc3cc3sc(C)c(C)c23)cc1F. The first-order chi connectivity index (χ1) is 12.5. The molecule has 0 fully saturated rings. The maximum atomic E-state index is 14.5. The zero-order valence-electron chi connectivity index (χ0n) is 14.7. The first-order valence-electron chi connectivity index (χ1n) is 8.35. The summed E-state index contributed by atoms with van der Waals surface area (Å²) >= 11 is 1.76. The third-order valence-electron chi connectivity index (χ3n) is 4.65. The van der Waals surface area contributed by atoms with E-state index >= 15 is 0 Å². The first kappa shape index (κ1) is 16.7. The quantitative estimate of drug-likeness (QED) is 0.304. The molecular weight excluding hydrogens is 347 g/mol. The number of carbonyl (C=O) groups excluding carboxylic acids is 1. The number of carbonyl (C=O) groups is 1. The molecule has 0 amide bonds. The van der Waals surface area contributed by atoms with Gasteiger partial charge >= 0.3 is 5.97 Å². The molecule has 0 bridgehead atoms. The standard InChI is InChI=1S/C22H17FO2S/c1-12-13(2)26-20-11-15-6-4-5-7-17(15)22(21(12)20)16-8-9-19(18(23)10-16)25-14(3)24/h4-11H,1-3H3. The van der Waals surface area contributed by atoms with Crippen molar-refractivity contribution in [3.8, 4) is 16.9 Å². The number of thiophene rings is 1. The highest BCUT2D eigenvalue weighted by molar-refractivity contribution is 7.19. The fourth-order valence-corrected chi connectivity index (χ4v) is 4.51. The van der Waals surface area contributed by atoms with Gasteiger partial charge in [0.1, 0.15) is 0 Å². The first-order valence-corrected chi connectivity index (χ1v) is 9.17. The predicted molar refractivity (Wildman–Crippen MR) is 106 cm³/mol. The minimum Gasteiger partial charge on any atom is -0.424 e. The normalized spacial score (nSPS) is 11.2. The van der Waals surface area contributed by atoms with Crippen LogP contribution in [0.1, 0.15) is 17.4 Å². The molecule has 130 valence electrons. The highest BCUT2D eigenvalue weighted by Gasteiger charge is 2.17. The Morgan fingerprint density at radius 1 is 1.08 bits per heavy atom. The molecular formula is C22H17FO2S. The summed E-state index contributed by atoms with van der Waals surface area (Å²) in [7, 11) is 0. The lowest BCUT2D eigenvalue weighted by Crippen LogP contribution is -2.03. The van der Waals surface area contributed by atoms with Crippen LogP contribution in [-0.4, -0.2) is 5.97 Å². The van der Waals surface area contributed by atoms with Gasteiger partial charge < -0.3 is 4.74 Å². The van der Waals surface area contributed by atoms with Gasteiger partial charge in [-0.2, -0.15) is 0 Å². The average molecular weight is 364 g/mol. The number of fused-ring (bicyclic) bond motifs is 2. The van der Waals surface area contributed by atoms with Crippen LogP contribution in [0.15, 0.2) is 48.5 Å². The van der Waals surface area contributed by atoms with Gasteiger partial charge in [-0.3, -0.25) is 4.79 Å². The van der Waals surface area contributed by atoms with E-state index in [2.05, 4.69) is 32.0 Å². The molecule has 2 nitrogen and oxygen atoms in total. The van der Waals surface area contributed by atoms with E-state index in [0.29, 0.717) is 0 Å². The Morgan fingerprint density at radius 2 is 1.85 bits per heavy atom. The van der Waals surface area contributed by atoms with E-state index in [1.165, 1.54) is 34.2 Å². The highest BCUT2D eigenvalue weighted by Crippen LogP contribution is 2.43. The molecule has 0 N–H and O–H groups in total. The molecule has 1 heterocycles. The monoisotopic (exact) mass is 364 g/mol. The van der Waals surface area contributed by atoms with Gasteiger partial charge in [0.25, 0.3) is 0 Å². The Hall–Kier alpha value is -2.72. The van der Waals surface area contributed by atoms with Crippen LogP contribution >= 0.6 is 11.3 Å². The second-order valence-corrected chi connectivity index (χ2v) is 7.62. The summed E-state index contributed by atoms with van der Waals surface area (Å²) in [5, 5.41) is 3.37. The van der Waals surface area contributed by atoms with Gasteiger partial charge in [0.15, 0.2) is 11.6 Å². The number of hydrogen-bond donors (Lipinski definition) is 0. The summed E-state index contributed by atoms with van der Waals surface area (Å²) in [6.07, 6.45) is 0. The molecule has 4 aromatic rings. The number of hydrogen-bond acceptors (Lipinski definition) is 3. The Morgan fingerprint density at radius 3 is 2.58 bits per heavy atom. The summed E-state index contributed by atoms with van der Waals surface area (Å²) in [6, 6.07) is 15.1. The van der Waals surface area contributed by atoms with Crippen LogP contribution in [0.2, 0.25) is 0 Å². The van der Waals surface area contributed by atoms with Gasteiger partial charge in [0.05, 0.1) is 0 Å². The van der Waals surface area contributed by atoms with E-state index in [-0.39, 0.29) is 5.75 Å². The maximum absolute atomic E-state index is 14.5. The third-order valence-corrected chi connectivity index (χ3v) is 5.81. The molecule has 0 radical (unpaired) electrons. The van der Waals surface area contributed by atoms with Crippen LogP contribution in [-0.2, 0) is 4.79 Å². The van der Waals surface area contributed by atoms with E-state index in [4.69, 9.17) is 4.74 Å². The molecule has 0 saturated carbocycles. The zero-order chi connectivity index (χ0) is 18.4. The lowest BCUT2D eigenvalue weighted by Gasteiger charge is -2.12. The fraction of sp³-hybridized carbons (Fsp3) is 0.136. The highest BCUT2D eigenvalue weighted by atomic mass is 32.1. The molecule has 0 aliphatic rings. The van der Waals surface area contributed by atoms with E-state index in [0.717, 1.165) is 27.3 Å². The maximum Gasteiger partial charge on any atom is 0.308 e. The Balaban J connectivity index is 2.06. The van der Waals surface area contributed by atoms with Crippen molar-refractivity contribution in [1.29, 1.82) is 0 Å². The lowest BCUT2D eigenvalue weighted by atomic mass is 9.93. The number of aryl methyl sites for hydroxylation is 2. The third kappa shape index (κ3) is 2.67. The minimum atomic E-state index is -0.539. The molecule has 0 unspecified atom stereocenters. The summed E-state index contributed by atoms with van der Waals surface area (Å²) in [6.45, 7) is 5.48. The van der Waals surface area contributed by atoms with Gasteiger partial charge in [0.2, 0.25) is 0 Å². The summed E-state index contributed by atoms with van der Waals surface area (Å²) in [4.78, 5) is 12.4. The molecule has 4 heteroatoms. The summed E-state index contributed by atoms with van der Waals surface area (Å²) in [5.74, 6) is -1.12. The van der Waals surface area contributed by atoms with Crippen LogP contribution in [0, 0.1) is 19.7 Å². The van der Waals surface area contributed by atoms with E-state index in [1.54, 1.807) is 11.3 Å². The molecule has 0 spiro atoms. The number of halogens is 1. The molecule has 0 aliphatic carbocycles.